The molecule has 0 radical (unpaired) electrons. The second kappa shape index (κ2) is 6.57. The number of amides is 1. The summed E-state index contributed by atoms with van der Waals surface area (Å²) in [4.78, 5) is 24.2. The molecule has 0 fully saturated rings. The molecule has 0 aliphatic heterocycles. The van der Waals surface area contributed by atoms with Crippen LogP contribution < -0.4 is 5.32 Å². The highest BCUT2D eigenvalue weighted by atomic mass is 16.1. The number of carbonyl (C=O) groups is 1. The van der Waals surface area contributed by atoms with Crippen molar-refractivity contribution in [1.29, 1.82) is 0 Å². The fourth-order valence-electron chi connectivity index (χ4n) is 2.71. The van der Waals surface area contributed by atoms with Gasteiger partial charge in [0.25, 0.3) is 0 Å². The number of anilines is 1. The molecule has 2 N–H and O–H groups in total. The van der Waals surface area contributed by atoms with Gasteiger partial charge >= 0.3 is 0 Å². The molecule has 0 bridgehead atoms. The zero-order valence-electron chi connectivity index (χ0n) is 13.4. The molecule has 0 spiro atoms. The van der Waals surface area contributed by atoms with E-state index in [0.717, 1.165) is 27.9 Å². The summed E-state index contributed by atoms with van der Waals surface area (Å²) in [5.41, 5.74) is 3.49. The van der Waals surface area contributed by atoms with Crippen LogP contribution >= 0.6 is 0 Å². The lowest BCUT2D eigenvalue weighted by Gasteiger charge is -2.07. The minimum absolute atomic E-state index is 0.0879. The highest BCUT2D eigenvalue weighted by Gasteiger charge is 2.07. The highest BCUT2D eigenvalue weighted by molar-refractivity contribution is 5.91. The van der Waals surface area contributed by atoms with Gasteiger partial charge < -0.3 is 10.3 Å². The van der Waals surface area contributed by atoms with Crippen molar-refractivity contribution in [3.8, 4) is 11.3 Å². The molecule has 5 heteroatoms. The Kier molecular flexibility index (Phi) is 3.96. The Morgan fingerprint density at radius 2 is 1.92 bits per heavy atom. The lowest BCUT2D eigenvalue weighted by molar-refractivity contribution is -0.115. The van der Waals surface area contributed by atoms with Gasteiger partial charge in [0.2, 0.25) is 5.91 Å². The zero-order chi connectivity index (χ0) is 17.1. The Balaban J connectivity index is 1.53. The molecule has 4 rings (SSSR count). The first-order chi connectivity index (χ1) is 12.3. The van der Waals surface area contributed by atoms with Crippen molar-refractivity contribution in [2.45, 2.75) is 6.42 Å². The lowest BCUT2D eigenvalue weighted by atomic mass is 10.1. The number of nitrogens with zero attached hydrogens (tertiary/aromatic N) is 2. The van der Waals surface area contributed by atoms with E-state index in [0.29, 0.717) is 12.2 Å². The summed E-state index contributed by atoms with van der Waals surface area (Å²) < 4.78 is 0. The van der Waals surface area contributed by atoms with Crippen LogP contribution in [0.25, 0.3) is 22.3 Å². The lowest BCUT2D eigenvalue weighted by Crippen LogP contribution is -2.15. The maximum absolute atomic E-state index is 12.2. The quantitative estimate of drug-likeness (QED) is 0.598. The van der Waals surface area contributed by atoms with Crippen LogP contribution in [0.4, 0.5) is 5.82 Å². The van der Waals surface area contributed by atoms with Crippen LogP contribution in [-0.4, -0.2) is 20.9 Å². The fourth-order valence-corrected chi connectivity index (χ4v) is 2.71. The van der Waals surface area contributed by atoms with Gasteiger partial charge in [-0.3, -0.25) is 4.79 Å². The van der Waals surface area contributed by atoms with Crippen molar-refractivity contribution >= 4 is 22.8 Å². The Labute approximate surface area is 144 Å². The number of aromatic nitrogens is 3. The average Bonchev–Trinajstić information content (AvgIpc) is 3.10. The van der Waals surface area contributed by atoms with Crippen LogP contribution in [0.2, 0.25) is 0 Å². The standard InChI is InChI=1S/C20H16N4O/c25-19(11-14-5-2-1-3-6-14)24-18-8-4-7-17(23-18)16-12-15-9-10-21-20(15)22-13-16/h1-10,12-13H,11H2,(H,21,22)(H,23,24,25). The third-order valence-electron chi connectivity index (χ3n) is 3.92. The molecule has 0 atom stereocenters. The molecule has 3 aromatic heterocycles. The maximum atomic E-state index is 12.2. The summed E-state index contributed by atoms with van der Waals surface area (Å²) in [6.07, 6.45) is 3.95. The van der Waals surface area contributed by atoms with E-state index in [4.69, 9.17) is 0 Å². The van der Waals surface area contributed by atoms with Gasteiger partial charge in [-0.15, -0.1) is 0 Å². The predicted molar refractivity (Wildman–Crippen MR) is 98.1 cm³/mol. The number of benzene rings is 1. The van der Waals surface area contributed by atoms with Gasteiger partial charge in [-0.1, -0.05) is 36.4 Å². The van der Waals surface area contributed by atoms with Gasteiger partial charge in [0.05, 0.1) is 12.1 Å². The number of aromatic amines is 1. The van der Waals surface area contributed by atoms with Crippen LogP contribution in [0.3, 0.4) is 0 Å². The number of rotatable bonds is 4. The summed E-state index contributed by atoms with van der Waals surface area (Å²) >= 11 is 0. The Morgan fingerprint density at radius 1 is 1.04 bits per heavy atom. The topological polar surface area (TPSA) is 70.7 Å². The highest BCUT2D eigenvalue weighted by Crippen LogP contribution is 2.21. The predicted octanol–water partition coefficient (Wildman–Crippen LogP) is 3.81. The molecule has 4 aromatic rings. The smallest absolute Gasteiger partial charge is 0.229 e. The molecule has 122 valence electrons. The van der Waals surface area contributed by atoms with Gasteiger partial charge in [-0.25, -0.2) is 9.97 Å². The van der Waals surface area contributed by atoms with Crippen molar-refractivity contribution in [1.82, 2.24) is 15.0 Å². The summed E-state index contributed by atoms with van der Waals surface area (Å²) in [5.74, 6) is 0.447. The molecule has 3 heterocycles. The first kappa shape index (κ1) is 15.1. The molecule has 1 aromatic carbocycles. The number of pyridine rings is 2. The van der Waals surface area contributed by atoms with E-state index in [2.05, 4.69) is 20.3 Å². The zero-order valence-corrected chi connectivity index (χ0v) is 13.4. The average molecular weight is 328 g/mol. The van der Waals surface area contributed by atoms with Crippen LogP contribution in [-0.2, 0) is 11.2 Å². The molecule has 25 heavy (non-hydrogen) atoms. The third-order valence-corrected chi connectivity index (χ3v) is 3.92. The second-order valence-electron chi connectivity index (χ2n) is 5.76. The van der Waals surface area contributed by atoms with E-state index in [1.807, 2.05) is 60.8 Å². The maximum Gasteiger partial charge on any atom is 0.229 e. The van der Waals surface area contributed by atoms with Gasteiger partial charge in [0.1, 0.15) is 11.5 Å². The largest absolute Gasteiger partial charge is 0.346 e. The summed E-state index contributed by atoms with van der Waals surface area (Å²) in [5, 5.41) is 3.88. The molecular weight excluding hydrogens is 312 g/mol. The van der Waals surface area contributed by atoms with E-state index in [9.17, 15) is 4.79 Å². The first-order valence-electron chi connectivity index (χ1n) is 8.02. The van der Waals surface area contributed by atoms with E-state index in [1.54, 1.807) is 12.3 Å². The van der Waals surface area contributed by atoms with Gasteiger partial charge in [-0.05, 0) is 29.8 Å². The minimum atomic E-state index is -0.0879. The van der Waals surface area contributed by atoms with Crippen LogP contribution in [0.5, 0.6) is 0 Å². The van der Waals surface area contributed by atoms with Crippen LogP contribution in [0, 0.1) is 0 Å². The van der Waals surface area contributed by atoms with Gasteiger partial charge in [0, 0.05) is 23.3 Å². The number of hydrogen-bond acceptors (Lipinski definition) is 3. The Hall–Kier alpha value is -3.47. The van der Waals surface area contributed by atoms with Crippen LogP contribution in [0.15, 0.2) is 73.1 Å². The van der Waals surface area contributed by atoms with E-state index in [-0.39, 0.29) is 5.91 Å². The fraction of sp³-hybridized carbons (Fsp3) is 0.0500. The third kappa shape index (κ3) is 3.40. The van der Waals surface area contributed by atoms with Gasteiger partial charge in [0.15, 0.2) is 0 Å². The molecule has 0 saturated heterocycles. The molecule has 5 nitrogen and oxygen atoms in total. The van der Waals surface area contributed by atoms with E-state index in [1.165, 1.54) is 0 Å². The number of nitrogens with one attached hydrogen (secondary N) is 2. The number of H-pyrrole nitrogens is 1. The van der Waals surface area contributed by atoms with Crippen LogP contribution in [0.1, 0.15) is 5.56 Å². The second-order valence-corrected chi connectivity index (χ2v) is 5.76. The summed E-state index contributed by atoms with van der Waals surface area (Å²) in [7, 11) is 0. The van der Waals surface area contributed by atoms with Crippen molar-refractivity contribution in [2.24, 2.45) is 0 Å². The van der Waals surface area contributed by atoms with Crippen molar-refractivity contribution in [3.63, 3.8) is 0 Å². The number of hydrogen-bond donors (Lipinski definition) is 2. The Bertz CT molecular complexity index is 1020. The van der Waals surface area contributed by atoms with Crippen molar-refractivity contribution < 1.29 is 4.79 Å². The normalized spacial score (nSPS) is 10.7. The monoisotopic (exact) mass is 328 g/mol. The molecule has 0 unspecified atom stereocenters. The molecule has 0 aliphatic carbocycles. The van der Waals surface area contributed by atoms with Crippen molar-refractivity contribution in [3.05, 3.63) is 78.6 Å². The Morgan fingerprint density at radius 3 is 2.80 bits per heavy atom. The summed E-state index contributed by atoms with van der Waals surface area (Å²) in [6, 6.07) is 19.2. The van der Waals surface area contributed by atoms with E-state index >= 15 is 0 Å². The molecular formula is C20H16N4O. The van der Waals surface area contributed by atoms with Gasteiger partial charge in [-0.2, -0.15) is 0 Å². The SMILES string of the molecule is O=C(Cc1ccccc1)Nc1cccc(-c2cnc3[nH]ccc3c2)n1. The molecule has 1 amide bonds. The summed E-state index contributed by atoms with van der Waals surface area (Å²) in [6.45, 7) is 0. The minimum Gasteiger partial charge on any atom is -0.346 e. The molecule has 0 aliphatic rings. The van der Waals surface area contributed by atoms with E-state index < -0.39 is 0 Å². The number of fused-ring (bicyclic) bond motifs is 1. The molecule has 0 saturated carbocycles. The first-order valence-corrected chi connectivity index (χ1v) is 8.02. The van der Waals surface area contributed by atoms with Crippen molar-refractivity contribution in [2.75, 3.05) is 5.32 Å². The number of carbonyl (C=O) groups excluding carboxylic acids is 1.